The van der Waals surface area contributed by atoms with Crippen molar-refractivity contribution < 1.29 is 22.3 Å². The maximum atomic E-state index is 13.1. The molecule has 1 unspecified atom stereocenters. The molecule has 16 heavy (non-hydrogen) atoms. The fourth-order valence-corrected chi connectivity index (χ4v) is 1.67. The van der Waals surface area contributed by atoms with E-state index >= 15 is 0 Å². The van der Waals surface area contributed by atoms with Gasteiger partial charge in [-0.15, -0.1) is 13.2 Å². The molecule has 1 atom stereocenters. The summed E-state index contributed by atoms with van der Waals surface area (Å²) in [5, 5.41) is 8.46. The molecule has 0 aromatic heterocycles. The first-order valence-corrected chi connectivity index (χ1v) is 4.97. The van der Waals surface area contributed by atoms with Gasteiger partial charge in [0.15, 0.2) is 0 Å². The fraction of sp³-hybridized carbons (Fsp3) is 0.556. The molecule has 0 heterocycles. The van der Waals surface area contributed by atoms with Gasteiger partial charge in [-0.2, -0.15) is 0 Å². The lowest BCUT2D eigenvalue weighted by Gasteiger charge is -2.23. The summed E-state index contributed by atoms with van der Waals surface area (Å²) in [6, 6.07) is 0. The minimum atomic E-state index is -4.89. The van der Waals surface area contributed by atoms with E-state index in [1.54, 1.807) is 0 Å². The highest BCUT2D eigenvalue weighted by atomic mass is 32.1. The van der Waals surface area contributed by atoms with E-state index in [0.29, 0.717) is 0 Å². The van der Waals surface area contributed by atoms with Crippen molar-refractivity contribution in [1.29, 1.82) is 5.41 Å². The second-order valence-electron chi connectivity index (χ2n) is 3.39. The minimum Gasteiger partial charge on any atom is -0.408 e. The smallest absolute Gasteiger partial charge is 0.408 e. The van der Waals surface area contributed by atoms with Crippen molar-refractivity contribution in [2.24, 2.45) is 5.92 Å². The molecule has 0 spiro atoms. The van der Waals surface area contributed by atoms with Crippen molar-refractivity contribution in [3.8, 4) is 0 Å². The summed E-state index contributed by atoms with van der Waals surface area (Å²) in [6.45, 7) is 0. The Balaban J connectivity index is 2.75. The number of ether oxygens (including phenoxy) is 1. The number of hydrogen-bond acceptors (Lipinski definition) is 3. The number of thiocarbonyl (C=S) groups is 1. The topological polar surface area (TPSA) is 33.1 Å². The van der Waals surface area contributed by atoms with E-state index in [2.05, 4.69) is 17.0 Å². The number of alkyl halides is 3. The Bertz CT molecular complexity index is 337. The predicted octanol–water partition coefficient (Wildman–Crippen LogP) is 3.52. The zero-order valence-corrected chi connectivity index (χ0v) is 8.92. The van der Waals surface area contributed by atoms with Crippen molar-refractivity contribution >= 4 is 23.3 Å². The summed E-state index contributed by atoms with van der Waals surface area (Å²) in [7, 11) is 0. The van der Waals surface area contributed by atoms with Gasteiger partial charge in [0, 0.05) is 29.8 Å². The maximum Gasteiger partial charge on any atom is 0.572 e. The lowest BCUT2D eigenvalue weighted by Crippen LogP contribution is -2.23. The molecule has 2 nitrogen and oxygen atoms in total. The van der Waals surface area contributed by atoms with E-state index in [1.807, 2.05) is 0 Å². The molecule has 0 fully saturated rings. The van der Waals surface area contributed by atoms with Crippen LogP contribution in [-0.2, 0) is 4.74 Å². The van der Waals surface area contributed by atoms with Gasteiger partial charge in [-0.1, -0.05) is 12.2 Å². The van der Waals surface area contributed by atoms with Crippen LogP contribution in [0.2, 0.25) is 0 Å². The van der Waals surface area contributed by atoms with Crippen LogP contribution in [0.15, 0.2) is 11.6 Å². The first-order valence-electron chi connectivity index (χ1n) is 4.50. The normalized spacial score (nSPS) is 21.9. The van der Waals surface area contributed by atoms with Crippen LogP contribution in [0.4, 0.5) is 17.6 Å². The second-order valence-corrected chi connectivity index (χ2v) is 3.62. The van der Waals surface area contributed by atoms with E-state index in [0.717, 1.165) is 5.37 Å². The molecule has 1 aliphatic carbocycles. The zero-order valence-electron chi connectivity index (χ0n) is 8.10. The first-order chi connectivity index (χ1) is 7.33. The third-order valence-electron chi connectivity index (χ3n) is 2.25. The van der Waals surface area contributed by atoms with Crippen LogP contribution in [0, 0.1) is 11.3 Å². The average Bonchev–Trinajstić information content (AvgIpc) is 2.18. The summed E-state index contributed by atoms with van der Waals surface area (Å²) >= 11 is 4.51. The van der Waals surface area contributed by atoms with Crippen LogP contribution in [0.3, 0.4) is 0 Å². The molecule has 0 saturated carbocycles. The van der Waals surface area contributed by atoms with Crippen molar-refractivity contribution in [2.45, 2.75) is 25.6 Å². The molecule has 1 rings (SSSR count). The number of nitrogens with one attached hydrogen (secondary N) is 1. The van der Waals surface area contributed by atoms with Crippen molar-refractivity contribution in [3.63, 3.8) is 0 Å². The summed E-state index contributed by atoms with van der Waals surface area (Å²) in [4.78, 5) is 0. The quantitative estimate of drug-likeness (QED) is 0.475. The lowest BCUT2D eigenvalue weighted by molar-refractivity contribution is -0.308. The Morgan fingerprint density at radius 1 is 1.50 bits per heavy atom. The highest BCUT2D eigenvalue weighted by Gasteiger charge is 2.36. The van der Waals surface area contributed by atoms with Crippen molar-refractivity contribution in [3.05, 3.63) is 11.6 Å². The lowest BCUT2D eigenvalue weighted by atomic mass is 9.89. The number of rotatable bonds is 3. The SMILES string of the molecule is N=C(C=S)C1CCC(F)=C(OC(F)(F)F)C1. The Morgan fingerprint density at radius 2 is 2.12 bits per heavy atom. The molecular formula is C9H9F4NOS. The van der Waals surface area contributed by atoms with Gasteiger partial charge in [-0.25, -0.2) is 4.39 Å². The summed E-state index contributed by atoms with van der Waals surface area (Å²) in [5.74, 6) is -2.12. The Morgan fingerprint density at radius 3 is 2.62 bits per heavy atom. The maximum absolute atomic E-state index is 13.1. The second kappa shape index (κ2) is 4.90. The molecule has 0 saturated heterocycles. The third-order valence-corrected chi connectivity index (χ3v) is 2.51. The van der Waals surface area contributed by atoms with Crippen molar-refractivity contribution in [2.75, 3.05) is 0 Å². The molecule has 0 bridgehead atoms. The molecule has 0 aromatic rings. The number of halogens is 4. The van der Waals surface area contributed by atoms with Crippen LogP contribution in [-0.4, -0.2) is 17.4 Å². The van der Waals surface area contributed by atoms with Gasteiger partial charge in [0.1, 0.15) is 11.6 Å². The Labute approximate surface area is 94.8 Å². The van der Waals surface area contributed by atoms with E-state index < -0.39 is 23.9 Å². The van der Waals surface area contributed by atoms with Crippen LogP contribution in [0.25, 0.3) is 0 Å². The highest BCUT2D eigenvalue weighted by molar-refractivity contribution is 7.80. The predicted molar refractivity (Wildman–Crippen MR) is 54.0 cm³/mol. The molecule has 90 valence electrons. The van der Waals surface area contributed by atoms with Crippen LogP contribution < -0.4 is 0 Å². The molecule has 0 radical (unpaired) electrons. The van der Waals surface area contributed by atoms with E-state index in [1.165, 1.54) is 0 Å². The summed E-state index contributed by atoms with van der Waals surface area (Å²) in [5.41, 5.74) is 0.0331. The Kier molecular flexibility index (Phi) is 4.01. The van der Waals surface area contributed by atoms with Gasteiger partial charge in [0.25, 0.3) is 0 Å². The fourth-order valence-electron chi connectivity index (χ4n) is 1.48. The van der Waals surface area contributed by atoms with Gasteiger partial charge < -0.3 is 10.1 Å². The van der Waals surface area contributed by atoms with Crippen LogP contribution >= 0.6 is 12.2 Å². The zero-order chi connectivity index (χ0) is 12.3. The Hall–Kier alpha value is -0.980. The largest absolute Gasteiger partial charge is 0.572 e. The first kappa shape index (κ1) is 13.1. The summed E-state index contributed by atoms with van der Waals surface area (Å²) < 4.78 is 52.4. The molecule has 1 N–H and O–H groups in total. The summed E-state index contributed by atoms with van der Waals surface area (Å²) in [6.07, 6.45) is -5.03. The standard InChI is InChI=1S/C9H9F4NOS/c10-6-2-1-5(7(14)4-16)3-8(6)15-9(11,12)13/h4-5,14H,1-3H2. The van der Waals surface area contributed by atoms with Crippen LogP contribution in [0.5, 0.6) is 0 Å². The molecule has 7 heteroatoms. The van der Waals surface area contributed by atoms with Gasteiger partial charge in [0.05, 0.1) is 0 Å². The average molecular weight is 255 g/mol. The third kappa shape index (κ3) is 3.55. The molecular weight excluding hydrogens is 246 g/mol. The number of hydrogen-bond donors (Lipinski definition) is 1. The number of allylic oxidation sites excluding steroid dienone is 2. The van der Waals surface area contributed by atoms with Gasteiger partial charge in [-0.05, 0) is 6.42 Å². The molecule has 0 aliphatic heterocycles. The van der Waals surface area contributed by atoms with Gasteiger partial charge in [0.2, 0.25) is 0 Å². The van der Waals surface area contributed by atoms with E-state index in [-0.39, 0.29) is 25.0 Å². The monoisotopic (exact) mass is 255 g/mol. The minimum absolute atomic E-state index is 0.0331. The van der Waals surface area contributed by atoms with E-state index in [9.17, 15) is 17.6 Å². The molecule has 0 amide bonds. The van der Waals surface area contributed by atoms with Gasteiger partial charge >= 0.3 is 6.36 Å². The van der Waals surface area contributed by atoms with Gasteiger partial charge in [-0.3, -0.25) is 0 Å². The molecule has 1 aliphatic rings. The van der Waals surface area contributed by atoms with Crippen molar-refractivity contribution in [1.82, 2.24) is 0 Å². The van der Waals surface area contributed by atoms with Crippen LogP contribution in [0.1, 0.15) is 19.3 Å². The highest BCUT2D eigenvalue weighted by Crippen LogP contribution is 2.35. The molecule has 0 aromatic carbocycles. The van der Waals surface area contributed by atoms with E-state index in [4.69, 9.17) is 5.41 Å².